The van der Waals surface area contributed by atoms with Gasteiger partial charge in [0.1, 0.15) is 0 Å². The third kappa shape index (κ3) is 3.87. The number of benzene rings is 1. The van der Waals surface area contributed by atoms with Crippen LogP contribution in [-0.4, -0.2) is 10.9 Å². The molecule has 0 saturated carbocycles. The number of nitrogens with one attached hydrogen (secondary N) is 1. The van der Waals surface area contributed by atoms with Crippen molar-refractivity contribution >= 4 is 46.3 Å². The number of nitrogens with two attached hydrogens (primary N) is 1. The smallest absolute Gasteiger partial charge is 0.233 e. The molecule has 0 aliphatic heterocycles. The molecule has 0 saturated heterocycles. The highest BCUT2D eigenvalue weighted by molar-refractivity contribution is 7.80. The summed E-state index contributed by atoms with van der Waals surface area (Å²) in [7, 11) is 0. The van der Waals surface area contributed by atoms with Crippen molar-refractivity contribution in [1.82, 2.24) is 5.32 Å². The quantitative estimate of drug-likeness (QED) is 0.756. The van der Waals surface area contributed by atoms with Crippen molar-refractivity contribution in [2.24, 2.45) is 11.1 Å². The largest absolute Gasteiger partial charge is 0.392 e. The van der Waals surface area contributed by atoms with Gasteiger partial charge in [0.25, 0.3) is 0 Å². The molecule has 1 rings (SSSR count). The third-order valence-corrected chi connectivity index (χ3v) is 4.84. The summed E-state index contributed by atoms with van der Waals surface area (Å²) in [6.07, 6.45) is 1.12. The number of carbonyl (C=O) groups excluding carboxylic acids is 1. The molecule has 116 valence electrons. The van der Waals surface area contributed by atoms with Crippen LogP contribution in [0.25, 0.3) is 0 Å². The number of hydrogen-bond donors (Lipinski definition) is 2. The molecule has 3 nitrogen and oxygen atoms in total. The van der Waals surface area contributed by atoms with Crippen LogP contribution in [-0.2, 0) is 4.79 Å². The minimum absolute atomic E-state index is 0.168. The summed E-state index contributed by atoms with van der Waals surface area (Å²) >= 11 is 17.1. The van der Waals surface area contributed by atoms with Crippen LogP contribution in [0.1, 0.15) is 45.2 Å². The Labute approximate surface area is 141 Å². The Hall–Kier alpha value is -0.840. The molecule has 1 unspecified atom stereocenters. The lowest BCUT2D eigenvalue weighted by molar-refractivity contribution is -0.128. The second-order valence-electron chi connectivity index (χ2n) is 5.01. The molecule has 0 fully saturated rings. The monoisotopic (exact) mass is 346 g/mol. The van der Waals surface area contributed by atoms with Gasteiger partial charge in [-0.25, -0.2) is 0 Å². The highest BCUT2D eigenvalue weighted by atomic mass is 35.5. The van der Waals surface area contributed by atoms with Crippen molar-refractivity contribution in [3.05, 3.63) is 33.8 Å². The van der Waals surface area contributed by atoms with E-state index in [-0.39, 0.29) is 16.9 Å². The van der Waals surface area contributed by atoms with Crippen LogP contribution < -0.4 is 11.1 Å². The van der Waals surface area contributed by atoms with Crippen LogP contribution in [0.5, 0.6) is 0 Å². The van der Waals surface area contributed by atoms with Gasteiger partial charge < -0.3 is 11.1 Å². The molecule has 0 aromatic heterocycles. The Balaban J connectivity index is 2.98. The molecular weight excluding hydrogens is 327 g/mol. The number of hydrogen-bond acceptors (Lipinski definition) is 2. The van der Waals surface area contributed by atoms with Crippen molar-refractivity contribution in [3.8, 4) is 0 Å². The maximum absolute atomic E-state index is 12.6. The molecule has 1 amide bonds. The summed E-state index contributed by atoms with van der Waals surface area (Å²) in [6, 6.07) is 4.94. The maximum atomic E-state index is 12.6. The van der Waals surface area contributed by atoms with E-state index in [1.165, 1.54) is 0 Å². The van der Waals surface area contributed by atoms with Gasteiger partial charge in [-0.3, -0.25) is 4.79 Å². The highest BCUT2D eigenvalue weighted by Gasteiger charge is 2.38. The lowest BCUT2D eigenvalue weighted by Crippen LogP contribution is -2.48. The lowest BCUT2D eigenvalue weighted by Gasteiger charge is -2.30. The highest BCUT2D eigenvalue weighted by Crippen LogP contribution is 2.30. The van der Waals surface area contributed by atoms with Crippen molar-refractivity contribution in [2.45, 2.75) is 39.7 Å². The average Bonchev–Trinajstić information content (AvgIpc) is 2.39. The second-order valence-corrected chi connectivity index (χ2v) is 6.30. The molecule has 0 bridgehead atoms. The number of rotatable bonds is 6. The van der Waals surface area contributed by atoms with Crippen LogP contribution in [0.2, 0.25) is 10.0 Å². The van der Waals surface area contributed by atoms with Crippen LogP contribution in [0.4, 0.5) is 0 Å². The van der Waals surface area contributed by atoms with Crippen LogP contribution in [0, 0.1) is 5.41 Å². The molecule has 0 aliphatic rings. The predicted molar refractivity (Wildman–Crippen MR) is 92.8 cm³/mol. The zero-order valence-corrected chi connectivity index (χ0v) is 14.7. The Morgan fingerprint density at radius 2 is 1.95 bits per heavy atom. The summed E-state index contributed by atoms with van der Waals surface area (Å²) in [5.74, 6) is -0.168. The van der Waals surface area contributed by atoms with Gasteiger partial charge in [0.2, 0.25) is 5.91 Å². The Morgan fingerprint density at radius 1 is 1.38 bits per heavy atom. The summed E-state index contributed by atoms with van der Waals surface area (Å²) in [5, 5.41) is 4.02. The Bertz CT molecular complexity index is 544. The molecule has 1 aromatic rings. The topological polar surface area (TPSA) is 55.1 Å². The molecular formula is C15H20Cl2N2OS. The molecule has 0 heterocycles. The minimum Gasteiger partial charge on any atom is -0.392 e. The first-order chi connectivity index (χ1) is 9.78. The first-order valence-corrected chi connectivity index (χ1v) is 8.00. The van der Waals surface area contributed by atoms with E-state index < -0.39 is 5.41 Å². The van der Waals surface area contributed by atoms with Gasteiger partial charge in [0.05, 0.1) is 16.4 Å². The molecule has 21 heavy (non-hydrogen) atoms. The number of amides is 1. The normalized spacial score (nSPS) is 12.8. The summed E-state index contributed by atoms with van der Waals surface area (Å²) in [6.45, 7) is 5.67. The SMILES string of the molecule is CCC(CC)(C(=O)NC(C)c1ccc(Cl)cc1Cl)C(N)=S. The van der Waals surface area contributed by atoms with E-state index >= 15 is 0 Å². The number of thiocarbonyl (C=S) groups is 1. The zero-order chi connectivity index (χ0) is 16.2. The lowest BCUT2D eigenvalue weighted by atomic mass is 9.81. The maximum Gasteiger partial charge on any atom is 0.233 e. The second kappa shape index (κ2) is 7.43. The van der Waals surface area contributed by atoms with E-state index in [1.54, 1.807) is 18.2 Å². The average molecular weight is 347 g/mol. The van der Waals surface area contributed by atoms with Crippen molar-refractivity contribution in [2.75, 3.05) is 0 Å². The van der Waals surface area contributed by atoms with Crippen LogP contribution >= 0.6 is 35.4 Å². The zero-order valence-electron chi connectivity index (χ0n) is 12.4. The Kier molecular flexibility index (Phi) is 6.44. The van der Waals surface area contributed by atoms with Crippen molar-refractivity contribution in [1.29, 1.82) is 0 Å². The third-order valence-electron chi connectivity index (χ3n) is 3.89. The molecule has 0 spiro atoms. The fraction of sp³-hybridized carbons (Fsp3) is 0.467. The predicted octanol–water partition coefficient (Wildman–Crippen LogP) is 4.26. The van der Waals surface area contributed by atoms with Crippen LogP contribution in [0.3, 0.4) is 0 Å². The molecule has 1 aromatic carbocycles. The molecule has 0 aliphatic carbocycles. The number of carbonyl (C=O) groups is 1. The summed E-state index contributed by atoms with van der Waals surface area (Å²) in [4.78, 5) is 12.8. The van der Waals surface area contributed by atoms with E-state index in [0.29, 0.717) is 22.9 Å². The van der Waals surface area contributed by atoms with E-state index in [4.69, 9.17) is 41.2 Å². The van der Waals surface area contributed by atoms with Gasteiger partial charge in [-0.05, 0) is 37.5 Å². The van der Waals surface area contributed by atoms with Gasteiger partial charge in [0, 0.05) is 10.0 Å². The van der Waals surface area contributed by atoms with E-state index in [0.717, 1.165) is 5.56 Å². The molecule has 3 N–H and O–H groups in total. The van der Waals surface area contributed by atoms with E-state index in [2.05, 4.69) is 5.32 Å². The van der Waals surface area contributed by atoms with Gasteiger partial charge in [-0.15, -0.1) is 0 Å². The minimum atomic E-state index is -0.817. The first kappa shape index (κ1) is 18.2. The van der Waals surface area contributed by atoms with Crippen molar-refractivity contribution < 1.29 is 4.79 Å². The van der Waals surface area contributed by atoms with E-state index in [9.17, 15) is 4.79 Å². The summed E-state index contributed by atoms with van der Waals surface area (Å²) < 4.78 is 0. The van der Waals surface area contributed by atoms with Gasteiger partial charge in [-0.2, -0.15) is 0 Å². The standard InChI is InChI=1S/C15H20Cl2N2OS/c1-4-15(5-2,13(18)21)14(20)19-9(3)11-7-6-10(16)8-12(11)17/h6-9H,4-5H2,1-3H3,(H2,18,21)(H,19,20). The number of halogens is 2. The Morgan fingerprint density at radius 3 is 2.38 bits per heavy atom. The summed E-state index contributed by atoms with van der Waals surface area (Å²) in [5.41, 5.74) is 5.77. The first-order valence-electron chi connectivity index (χ1n) is 6.84. The van der Waals surface area contributed by atoms with Gasteiger partial charge in [-0.1, -0.05) is 55.3 Å². The van der Waals surface area contributed by atoms with Crippen molar-refractivity contribution in [3.63, 3.8) is 0 Å². The van der Waals surface area contributed by atoms with Crippen LogP contribution in [0.15, 0.2) is 18.2 Å². The molecule has 6 heteroatoms. The molecule has 1 atom stereocenters. The molecule has 0 radical (unpaired) electrons. The van der Waals surface area contributed by atoms with Gasteiger partial charge >= 0.3 is 0 Å². The fourth-order valence-electron chi connectivity index (χ4n) is 2.30. The van der Waals surface area contributed by atoms with E-state index in [1.807, 2.05) is 20.8 Å². The fourth-order valence-corrected chi connectivity index (χ4v) is 3.25. The van der Waals surface area contributed by atoms with Gasteiger partial charge in [0.15, 0.2) is 0 Å².